The predicted octanol–water partition coefficient (Wildman–Crippen LogP) is 3.45. The van der Waals surface area contributed by atoms with E-state index < -0.39 is 17.8 Å². The van der Waals surface area contributed by atoms with E-state index >= 15 is 0 Å². The van der Waals surface area contributed by atoms with Gasteiger partial charge >= 0.3 is 6.18 Å². The predicted molar refractivity (Wildman–Crippen MR) is 84.3 cm³/mol. The van der Waals surface area contributed by atoms with Crippen LogP contribution in [0.4, 0.5) is 13.2 Å². The molecule has 3 rings (SSSR count). The molecule has 0 bridgehead atoms. The normalized spacial score (nSPS) is 22.0. The van der Waals surface area contributed by atoms with Crippen molar-refractivity contribution in [3.8, 4) is 0 Å². The van der Waals surface area contributed by atoms with E-state index in [2.05, 4.69) is 9.88 Å². The van der Waals surface area contributed by atoms with E-state index in [0.29, 0.717) is 13.0 Å². The molecule has 1 saturated heterocycles. The molecule has 0 amide bonds. The van der Waals surface area contributed by atoms with Gasteiger partial charge in [0, 0.05) is 31.5 Å². The van der Waals surface area contributed by atoms with Gasteiger partial charge in [-0.05, 0) is 48.2 Å². The Morgan fingerprint density at radius 1 is 1.08 bits per heavy atom. The van der Waals surface area contributed by atoms with Gasteiger partial charge < -0.3 is 5.11 Å². The van der Waals surface area contributed by atoms with E-state index in [4.69, 9.17) is 0 Å². The summed E-state index contributed by atoms with van der Waals surface area (Å²) < 4.78 is 38.1. The molecule has 0 saturated carbocycles. The number of rotatable bonds is 4. The van der Waals surface area contributed by atoms with Crippen LogP contribution in [0.1, 0.15) is 29.2 Å². The van der Waals surface area contributed by atoms with Gasteiger partial charge in [-0.15, -0.1) is 0 Å². The van der Waals surface area contributed by atoms with Crippen LogP contribution < -0.4 is 0 Å². The molecule has 1 aromatic heterocycles. The third kappa shape index (κ3) is 3.94. The van der Waals surface area contributed by atoms with Crippen LogP contribution in [0.3, 0.4) is 0 Å². The number of alkyl halides is 3. The summed E-state index contributed by atoms with van der Waals surface area (Å²) in [5.74, 6) is 0. The molecular weight excluding hydrogens is 317 g/mol. The summed E-state index contributed by atoms with van der Waals surface area (Å²) >= 11 is 0. The summed E-state index contributed by atoms with van der Waals surface area (Å²) in [5.41, 5.74) is 1.32. The van der Waals surface area contributed by atoms with Crippen molar-refractivity contribution in [2.75, 3.05) is 13.1 Å². The number of hydrogen-bond donors (Lipinski definition) is 1. The molecule has 3 nitrogen and oxygen atoms in total. The molecule has 0 radical (unpaired) electrons. The molecule has 0 unspecified atom stereocenters. The lowest BCUT2D eigenvalue weighted by Crippen LogP contribution is -2.27. The highest BCUT2D eigenvalue weighted by Crippen LogP contribution is 2.35. The molecule has 1 fully saturated rings. The fraction of sp³-hybridized carbons (Fsp3) is 0.389. The first-order valence-electron chi connectivity index (χ1n) is 7.91. The average Bonchev–Trinajstić information content (AvgIpc) is 2.94. The van der Waals surface area contributed by atoms with E-state index in [-0.39, 0.29) is 6.04 Å². The number of aliphatic hydroxyl groups excluding tert-OH is 1. The van der Waals surface area contributed by atoms with Gasteiger partial charge in [-0.25, -0.2) is 0 Å². The minimum absolute atomic E-state index is 0.0517. The summed E-state index contributed by atoms with van der Waals surface area (Å²) in [7, 11) is 0. The van der Waals surface area contributed by atoms with Gasteiger partial charge in [-0.1, -0.05) is 12.1 Å². The van der Waals surface area contributed by atoms with Crippen molar-refractivity contribution in [1.29, 1.82) is 0 Å². The number of benzene rings is 1. The Kier molecular flexibility index (Phi) is 4.87. The van der Waals surface area contributed by atoms with E-state index in [1.54, 1.807) is 12.4 Å². The van der Waals surface area contributed by atoms with Crippen LogP contribution in [0.5, 0.6) is 0 Å². The van der Waals surface area contributed by atoms with E-state index in [9.17, 15) is 18.3 Å². The molecular formula is C18H19F3N2O. The van der Waals surface area contributed by atoms with E-state index in [0.717, 1.165) is 36.2 Å². The standard InChI is InChI=1S/C18H19F3N2O/c19-18(20,21)15-3-1-14(2-4-15)17-11-16(24)12-23(17)10-7-13-5-8-22-9-6-13/h1-6,8-9,16-17,24H,7,10-12H2/t16-,17-/m1/s1. The van der Waals surface area contributed by atoms with Crippen molar-refractivity contribution in [3.05, 3.63) is 65.5 Å². The molecule has 24 heavy (non-hydrogen) atoms. The minimum Gasteiger partial charge on any atom is -0.392 e. The van der Waals surface area contributed by atoms with Crippen molar-refractivity contribution >= 4 is 0 Å². The zero-order valence-electron chi connectivity index (χ0n) is 13.1. The van der Waals surface area contributed by atoms with Gasteiger partial charge in [0.2, 0.25) is 0 Å². The van der Waals surface area contributed by atoms with Gasteiger partial charge in [0.1, 0.15) is 0 Å². The number of aliphatic hydroxyl groups is 1. The number of nitrogens with zero attached hydrogens (tertiary/aromatic N) is 2. The molecule has 1 aliphatic rings. The molecule has 1 aliphatic heterocycles. The number of pyridine rings is 1. The molecule has 0 aliphatic carbocycles. The van der Waals surface area contributed by atoms with Crippen molar-refractivity contribution in [2.45, 2.75) is 31.2 Å². The second-order valence-corrected chi connectivity index (χ2v) is 6.13. The summed E-state index contributed by atoms with van der Waals surface area (Å²) in [5, 5.41) is 9.98. The molecule has 0 spiro atoms. The topological polar surface area (TPSA) is 36.4 Å². The van der Waals surface area contributed by atoms with Gasteiger partial charge in [0.05, 0.1) is 11.7 Å². The lowest BCUT2D eigenvalue weighted by atomic mass is 10.0. The van der Waals surface area contributed by atoms with Gasteiger partial charge in [-0.2, -0.15) is 13.2 Å². The van der Waals surface area contributed by atoms with E-state index in [1.807, 2.05) is 12.1 Å². The molecule has 2 heterocycles. The van der Waals surface area contributed by atoms with Crippen molar-refractivity contribution in [3.63, 3.8) is 0 Å². The van der Waals surface area contributed by atoms with Crippen LogP contribution in [0, 0.1) is 0 Å². The lowest BCUT2D eigenvalue weighted by Gasteiger charge is -2.24. The second-order valence-electron chi connectivity index (χ2n) is 6.13. The number of likely N-dealkylation sites (tertiary alicyclic amines) is 1. The first-order chi connectivity index (χ1) is 11.4. The molecule has 128 valence electrons. The average molecular weight is 336 g/mol. The number of aromatic nitrogens is 1. The van der Waals surface area contributed by atoms with Gasteiger partial charge in [0.25, 0.3) is 0 Å². The fourth-order valence-electron chi connectivity index (χ4n) is 3.19. The fourth-order valence-corrected chi connectivity index (χ4v) is 3.19. The van der Waals surface area contributed by atoms with Crippen LogP contribution in [0.15, 0.2) is 48.8 Å². The maximum Gasteiger partial charge on any atom is 0.416 e. The van der Waals surface area contributed by atoms with Crippen LogP contribution in [-0.4, -0.2) is 34.2 Å². The number of halogens is 3. The second kappa shape index (κ2) is 6.91. The summed E-state index contributed by atoms with van der Waals surface area (Å²) in [6.45, 7) is 1.28. The maximum absolute atomic E-state index is 12.7. The monoisotopic (exact) mass is 336 g/mol. The number of β-amino-alcohol motifs (C(OH)–C–C–N with tert-alkyl or cyclic N) is 1. The highest BCUT2D eigenvalue weighted by atomic mass is 19.4. The Morgan fingerprint density at radius 3 is 2.38 bits per heavy atom. The van der Waals surface area contributed by atoms with E-state index in [1.165, 1.54) is 12.1 Å². The zero-order chi connectivity index (χ0) is 17.2. The van der Waals surface area contributed by atoms with Crippen LogP contribution in [0.25, 0.3) is 0 Å². The first kappa shape index (κ1) is 16.9. The van der Waals surface area contributed by atoms with Gasteiger partial charge in [0.15, 0.2) is 0 Å². The van der Waals surface area contributed by atoms with Crippen LogP contribution in [-0.2, 0) is 12.6 Å². The third-order valence-corrected chi connectivity index (χ3v) is 4.44. The summed E-state index contributed by atoms with van der Waals surface area (Å²) in [6, 6.07) is 9.10. The highest BCUT2D eigenvalue weighted by molar-refractivity contribution is 5.27. The Labute approximate surface area is 138 Å². The summed E-state index contributed by atoms with van der Waals surface area (Å²) in [6.07, 6.45) is 0.0565. The highest BCUT2D eigenvalue weighted by Gasteiger charge is 2.33. The number of hydrogen-bond acceptors (Lipinski definition) is 3. The van der Waals surface area contributed by atoms with Crippen molar-refractivity contribution in [1.82, 2.24) is 9.88 Å². The SMILES string of the molecule is O[C@@H]1C[C@H](c2ccc(C(F)(F)F)cc2)N(CCc2ccncc2)C1. The molecule has 1 N–H and O–H groups in total. The van der Waals surface area contributed by atoms with Crippen LogP contribution in [0.2, 0.25) is 0 Å². The third-order valence-electron chi connectivity index (χ3n) is 4.44. The lowest BCUT2D eigenvalue weighted by molar-refractivity contribution is -0.137. The molecule has 1 aromatic carbocycles. The van der Waals surface area contributed by atoms with Crippen molar-refractivity contribution in [2.24, 2.45) is 0 Å². The smallest absolute Gasteiger partial charge is 0.392 e. The first-order valence-corrected chi connectivity index (χ1v) is 7.91. The summed E-state index contributed by atoms with van der Waals surface area (Å²) in [4.78, 5) is 6.11. The van der Waals surface area contributed by atoms with Crippen LogP contribution >= 0.6 is 0 Å². The Balaban J connectivity index is 1.70. The largest absolute Gasteiger partial charge is 0.416 e. The Bertz CT molecular complexity index is 658. The Hall–Kier alpha value is -1.92. The maximum atomic E-state index is 12.7. The van der Waals surface area contributed by atoms with Crippen molar-refractivity contribution < 1.29 is 18.3 Å². The zero-order valence-corrected chi connectivity index (χ0v) is 13.1. The molecule has 6 heteroatoms. The molecule has 2 atom stereocenters. The minimum atomic E-state index is -4.32. The van der Waals surface area contributed by atoms with Gasteiger partial charge in [-0.3, -0.25) is 9.88 Å². The quantitative estimate of drug-likeness (QED) is 0.929. The molecule has 2 aromatic rings. The Morgan fingerprint density at radius 2 is 1.75 bits per heavy atom.